The summed E-state index contributed by atoms with van der Waals surface area (Å²) in [6, 6.07) is 16.4. The van der Waals surface area contributed by atoms with Crippen molar-refractivity contribution in [2.24, 2.45) is 0 Å². The van der Waals surface area contributed by atoms with Crippen LogP contribution < -0.4 is 20.5 Å². The van der Waals surface area contributed by atoms with Crippen LogP contribution in [0.2, 0.25) is 5.02 Å². The summed E-state index contributed by atoms with van der Waals surface area (Å²) in [6.07, 6.45) is 1.63. The van der Waals surface area contributed by atoms with Gasteiger partial charge in [0.05, 0.1) is 31.2 Å². The van der Waals surface area contributed by atoms with Gasteiger partial charge in [-0.1, -0.05) is 35.9 Å². The highest BCUT2D eigenvalue weighted by atomic mass is 35.5. The number of hydrogen-bond donors (Lipinski definition) is 1. The van der Waals surface area contributed by atoms with Crippen LogP contribution >= 0.6 is 11.6 Å². The molecule has 1 aromatic heterocycles. The van der Waals surface area contributed by atoms with E-state index < -0.39 is 0 Å². The normalized spacial score (nSPS) is 14.2. The second-order valence-corrected chi connectivity index (χ2v) is 7.82. The molecule has 2 heterocycles. The molecule has 1 saturated heterocycles. The van der Waals surface area contributed by atoms with Gasteiger partial charge in [0.15, 0.2) is 0 Å². The highest BCUT2D eigenvalue weighted by Crippen LogP contribution is 2.23. The lowest BCUT2D eigenvalue weighted by Crippen LogP contribution is -2.49. The summed E-state index contributed by atoms with van der Waals surface area (Å²) in [5.41, 5.74) is 1.63. The van der Waals surface area contributed by atoms with Crippen LogP contribution in [0.25, 0.3) is 5.69 Å². The average Bonchev–Trinajstić information content (AvgIpc) is 2.82. The molecule has 0 aliphatic carbocycles. The minimum Gasteiger partial charge on any atom is -0.497 e. The minimum atomic E-state index is -0.351. The van der Waals surface area contributed by atoms with Gasteiger partial charge in [0.2, 0.25) is 5.91 Å². The second kappa shape index (κ2) is 9.84. The number of amides is 1. The summed E-state index contributed by atoms with van der Waals surface area (Å²) in [7, 11) is 1.59. The molecule has 9 heteroatoms. The highest BCUT2D eigenvalue weighted by Gasteiger charge is 2.23. The summed E-state index contributed by atoms with van der Waals surface area (Å²) >= 11 is 6.41. The van der Waals surface area contributed by atoms with Gasteiger partial charge in [0.1, 0.15) is 10.8 Å². The molecule has 0 spiro atoms. The first-order valence-electron chi connectivity index (χ1n) is 10.3. The van der Waals surface area contributed by atoms with Crippen LogP contribution in [0.3, 0.4) is 0 Å². The van der Waals surface area contributed by atoms with Crippen LogP contribution in [0.5, 0.6) is 5.75 Å². The maximum atomic E-state index is 12.7. The number of carbonyl (C=O) groups excluding carboxylic acids is 1. The fraction of sp³-hybridized carbons (Fsp3) is 0.261. The van der Waals surface area contributed by atoms with Gasteiger partial charge in [0, 0.05) is 37.9 Å². The van der Waals surface area contributed by atoms with Crippen molar-refractivity contribution < 1.29 is 9.53 Å². The van der Waals surface area contributed by atoms with Crippen molar-refractivity contribution in [1.29, 1.82) is 0 Å². The summed E-state index contributed by atoms with van der Waals surface area (Å²) in [6.45, 7) is 2.91. The predicted octanol–water partition coefficient (Wildman–Crippen LogP) is 2.66. The van der Waals surface area contributed by atoms with Gasteiger partial charge in [-0.3, -0.25) is 14.5 Å². The summed E-state index contributed by atoms with van der Waals surface area (Å²) in [5, 5.41) is 7.35. The Hall–Kier alpha value is -3.36. The first kappa shape index (κ1) is 21.9. The molecule has 8 nitrogen and oxygen atoms in total. The Balaban J connectivity index is 1.36. The molecule has 3 aromatic rings. The lowest BCUT2D eigenvalue weighted by atomic mass is 10.2. The van der Waals surface area contributed by atoms with Crippen molar-refractivity contribution in [2.75, 3.05) is 50.1 Å². The number of ether oxygens (including phenoxy) is 1. The molecular weight excluding hydrogens is 430 g/mol. The zero-order chi connectivity index (χ0) is 22.5. The molecule has 1 N–H and O–H groups in total. The Morgan fingerprint density at radius 1 is 1.09 bits per heavy atom. The summed E-state index contributed by atoms with van der Waals surface area (Å²) < 4.78 is 6.48. The molecule has 0 unspecified atom stereocenters. The summed E-state index contributed by atoms with van der Waals surface area (Å²) in [4.78, 5) is 29.3. The molecule has 0 radical (unpaired) electrons. The molecule has 1 aliphatic heterocycles. The number of piperazine rings is 1. The molecule has 0 bridgehead atoms. The van der Waals surface area contributed by atoms with Crippen LogP contribution in [0.1, 0.15) is 0 Å². The molecular formula is C23H24ClN5O3. The van der Waals surface area contributed by atoms with E-state index in [0.29, 0.717) is 49.0 Å². The van der Waals surface area contributed by atoms with Gasteiger partial charge >= 0.3 is 0 Å². The molecule has 1 fully saturated rings. The Morgan fingerprint density at radius 2 is 1.84 bits per heavy atom. The van der Waals surface area contributed by atoms with Crippen molar-refractivity contribution in [1.82, 2.24) is 14.7 Å². The van der Waals surface area contributed by atoms with E-state index >= 15 is 0 Å². The molecule has 166 valence electrons. The number of hydrogen-bond acceptors (Lipinski definition) is 6. The van der Waals surface area contributed by atoms with E-state index in [1.165, 1.54) is 4.68 Å². The lowest BCUT2D eigenvalue weighted by Gasteiger charge is -2.35. The third-order valence-electron chi connectivity index (χ3n) is 5.33. The SMILES string of the molecule is COc1cccc(NC(=O)CN2CCN(c3cnn(-c4ccccc4)c(=O)c3Cl)CC2)c1. The second-order valence-electron chi connectivity index (χ2n) is 7.44. The zero-order valence-electron chi connectivity index (χ0n) is 17.7. The number of anilines is 2. The molecule has 4 rings (SSSR count). The number of aromatic nitrogens is 2. The third kappa shape index (κ3) is 4.92. The van der Waals surface area contributed by atoms with Gasteiger partial charge in [-0.05, 0) is 24.3 Å². The molecule has 2 aromatic carbocycles. The first-order chi connectivity index (χ1) is 15.5. The molecule has 32 heavy (non-hydrogen) atoms. The van der Waals surface area contributed by atoms with Gasteiger partial charge < -0.3 is 15.0 Å². The van der Waals surface area contributed by atoms with Gasteiger partial charge in [-0.25, -0.2) is 0 Å². The van der Waals surface area contributed by atoms with E-state index in [2.05, 4.69) is 15.3 Å². The fourth-order valence-corrected chi connectivity index (χ4v) is 3.90. The van der Waals surface area contributed by atoms with E-state index in [-0.39, 0.29) is 23.0 Å². The van der Waals surface area contributed by atoms with Crippen LogP contribution in [-0.2, 0) is 4.79 Å². The van der Waals surface area contributed by atoms with E-state index in [0.717, 1.165) is 0 Å². The third-order valence-corrected chi connectivity index (χ3v) is 5.69. The van der Waals surface area contributed by atoms with Crippen molar-refractivity contribution in [2.45, 2.75) is 0 Å². The monoisotopic (exact) mass is 453 g/mol. The number of benzene rings is 2. The number of nitrogens with one attached hydrogen (secondary N) is 1. The Morgan fingerprint density at radius 3 is 2.56 bits per heavy atom. The zero-order valence-corrected chi connectivity index (χ0v) is 18.5. The topological polar surface area (TPSA) is 79.7 Å². The molecule has 0 atom stereocenters. The lowest BCUT2D eigenvalue weighted by molar-refractivity contribution is -0.117. The first-order valence-corrected chi connectivity index (χ1v) is 10.7. The van der Waals surface area contributed by atoms with Crippen molar-refractivity contribution in [3.05, 3.63) is 76.2 Å². The maximum absolute atomic E-state index is 12.7. The maximum Gasteiger partial charge on any atom is 0.292 e. The van der Waals surface area contributed by atoms with Gasteiger partial charge in [0.25, 0.3) is 5.56 Å². The van der Waals surface area contributed by atoms with E-state index in [9.17, 15) is 9.59 Å². The van der Waals surface area contributed by atoms with Crippen LogP contribution in [0, 0.1) is 0 Å². The molecule has 1 aliphatic rings. The Labute approximate surface area is 191 Å². The van der Waals surface area contributed by atoms with Crippen molar-refractivity contribution in [3.8, 4) is 11.4 Å². The largest absolute Gasteiger partial charge is 0.497 e. The average molecular weight is 454 g/mol. The van der Waals surface area contributed by atoms with E-state index in [1.54, 1.807) is 31.5 Å². The predicted molar refractivity (Wildman–Crippen MR) is 125 cm³/mol. The number of nitrogens with zero attached hydrogens (tertiary/aromatic N) is 4. The minimum absolute atomic E-state index is 0.0862. The quantitative estimate of drug-likeness (QED) is 0.618. The number of para-hydroxylation sites is 1. The number of rotatable bonds is 6. The van der Waals surface area contributed by atoms with Crippen molar-refractivity contribution >= 4 is 28.9 Å². The van der Waals surface area contributed by atoms with Gasteiger partial charge in [-0.2, -0.15) is 9.78 Å². The number of halogens is 1. The van der Waals surface area contributed by atoms with Crippen LogP contribution in [0.15, 0.2) is 65.6 Å². The fourth-order valence-electron chi connectivity index (χ4n) is 3.65. The standard InChI is InChI=1S/C23H24ClN5O3/c1-32-19-9-5-6-17(14-19)26-21(30)16-27-10-12-28(13-11-27)20-15-25-29(23(31)22(20)24)18-7-3-2-4-8-18/h2-9,14-15H,10-13,16H2,1H3,(H,26,30). The Bertz CT molecular complexity index is 1140. The van der Waals surface area contributed by atoms with Crippen LogP contribution in [-0.4, -0.2) is 60.4 Å². The van der Waals surface area contributed by atoms with E-state index in [4.69, 9.17) is 16.3 Å². The number of carbonyl (C=O) groups is 1. The van der Waals surface area contributed by atoms with Crippen LogP contribution in [0.4, 0.5) is 11.4 Å². The Kier molecular flexibility index (Phi) is 6.72. The van der Waals surface area contributed by atoms with Crippen molar-refractivity contribution in [3.63, 3.8) is 0 Å². The molecule has 0 saturated carbocycles. The number of methoxy groups -OCH3 is 1. The van der Waals surface area contributed by atoms with E-state index in [1.807, 2.05) is 41.3 Å². The highest BCUT2D eigenvalue weighted by molar-refractivity contribution is 6.33. The smallest absolute Gasteiger partial charge is 0.292 e. The molecule has 1 amide bonds. The summed E-state index contributed by atoms with van der Waals surface area (Å²) in [5.74, 6) is 0.605. The van der Waals surface area contributed by atoms with Gasteiger partial charge in [-0.15, -0.1) is 0 Å².